The highest BCUT2D eigenvalue weighted by molar-refractivity contribution is 6.31. The highest BCUT2D eigenvalue weighted by atomic mass is 35.5. The van der Waals surface area contributed by atoms with Crippen molar-refractivity contribution in [1.29, 1.82) is 0 Å². The van der Waals surface area contributed by atoms with Crippen molar-refractivity contribution in [2.75, 3.05) is 25.6 Å². The number of aromatic nitrogens is 1. The molecule has 0 saturated heterocycles. The second-order valence-electron chi connectivity index (χ2n) is 7.49. The lowest BCUT2D eigenvalue weighted by atomic mass is 10.2. The summed E-state index contributed by atoms with van der Waals surface area (Å²) in [5, 5.41) is 3.35. The smallest absolute Gasteiger partial charge is 0.385 e. The second kappa shape index (κ2) is 11.2. The number of benzene rings is 2. The highest BCUT2D eigenvalue weighted by Gasteiger charge is 2.30. The van der Waals surface area contributed by atoms with E-state index in [1.807, 2.05) is 47.2 Å². The molecule has 0 fully saturated rings. The molecule has 1 aromatic heterocycles. The Bertz CT molecular complexity index is 1050. The maximum Gasteiger partial charge on any atom is 0.416 e. The van der Waals surface area contributed by atoms with E-state index in [1.54, 1.807) is 12.0 Å². The number of hydrogen-bond acceptors (Lipinski definition) is 2. The van der Waals surface area contributed by atoms with E-state index in [2.05, 4.69) is 5.32 Å². The third-order valence-electron chi connectivity index (χ3n) is 5.10. The molecule has 0 radical (unpaired) electrons. The zero-order valence-electron chi connectivity index (χ0n) is 18.1. The molecule has 33 heavy (non-hydrogen) atoms. The molecule has 0 atom stereocenters. The number of hydrogen-bond donors (Lipinski definition) is 1. The molecule has 0 spiro atoms. The van der Waals surface area contributed by atoms with Crippen LogP contribution < -0.4 is 5.32 Å². The normalized spacial score (nSPS) is 11.4. The average Bonchev–Trinajstić information content (AvgIpc) is 3.21. The van der Waals surface area contributed by atoms with Crippen LogP contribution in [0.25, 0.3) is 0 Å². The number of carbonyl (C=O) groups excluding carboxylic acids is 1. The first-order chi connectivity index (χ1) is 15.8. The Labute approximate surface area is 195 Å². The summed E-state index contributed by atoms with van der Waals surface area (Å²) in [6.07, 6.45) is -1.90. The molecule has 1 heterocycles. The summed E-state index contributed by atoms with van der Waals surface area (Å²) in [4.78, 5) is 14.6. The number of anilines is 1. The predicted octanol–water partition coefficient (Wildman–Crippen LogP) is 6.28. The summed E-state index contributed by atoms with van der Waals surface area (Å²) in [7, 11) is 1.58. The summed E-state index contributed by atoms with van der Waals surface area (Å²) in [6, 6.07) is 15.3. The molecule has 0 aliphatic rings. The summed E-state index contributed by atoms with van der Waals surface area (Å²) in [5.41, 5.74) is 1.37. The van der Waals surface area contributed by atoms with Gasteiger partial charge in [-0.3, -0.25) is 0 Å². The lowest BCUT2D eigenvalue weighted by Crippen LogP contribution is -2.36. The summed E-state index contributed by atoms with van der Waals surface area (Å²) >= 11 is 6.29. The van der Waals surface area contributed by atoms with Gasteiger partial charge in [-0.05, 0) is 54.4 Å². The fraction of sp³-hybridized carbons (Fsp3) is 0.292. The fourth-order valence-corrected chi connectivity index (χ4v) is 3.55. The maximum absolute atomic E-state index is 13.0. The number of ether oxygens (including phenoxy) is 1. The van der Waals surface area contributed by atoms with Crippen molar-refractivity contribution in [3.05, 3.63) is 88.7 Å². The molecule has 0 saturated carbocycles. The monoisotopic (exact) mass is 479 g/mol. The Hall–Kier alpha value is -2.97. The van der Waals surface area contributed by atoms with E-state index in [0.717, 1.165) is 23.4 Å². The van der Waals surface area contributed by atoms with Crippen molar-refractivity contribution < 1.29 is 22.7 Å². The molecule has 3 aromatic rings. The van der Waals surface area contributed by atoms with Crippen molar-refractivity contribution in [2.45, 2.75) is 25.7 Å². The Morgan fingerprint density at radius 1 is 1.09 bits per heavy atom. The van der Waals surface area contributed by atoms with Gasteiger partial charge in [-0.1, -0.05) is 29.8 Å². The third-order valence-corrected chi connectivity index (χ3v) is 5.47. The lowest BCUT2D eigenvalue weighted by molar-refractivity contribution is -0.137. The maximum atomic E-state index is 13.0. The first-order valence-corrected chi connectivity index (χ1v) is 10.8. The van der Waals surface area contributed by atoms with E-state index < -0.39 is 17.8 Å². The van der Waals surface area contributed by atoms with Crippen molar-refractivity contribution in [3.8, 4) is 0 Å². The number of alkyl halides is 3. The Balaban J connectivity index is 1.73. The van der Waals surface area contributed by atoms with Crippen LogP contribution >= 0.6 is 11.6 Å². The predicted molar refractivity (Wildman–Crippen MR) is 122 cm³/mol. The number of carbonyl (C=O) groups is 1. The molecule has 0 aliphatic heterocycles. The Kier molecular flexibility index (Phi) is 8.41. The quantitative estimate of drug-likeness (QED) is 0.367. The number of nitrogens with zero attached hydrogens (tertiary/aromatic N) is 2. The zero-order chi connectivity index (χ0) is 23.8. The van der Waals surface area contributed by atoms with E-state index in [-0.39, 0.29) is 5.69 Å². The number of rotatable bonds is 9. The average molecular weight is 480 g/mol. The minimum Gasteiger partial charge on any atom is -0.385 e. The van der Waals surface area contributed by atoms with Gasteiger partial charge in [-0.15, -0.1) is 0 Å². The van der Waals surface area contributed by atoms with Gasteiger partial charge in [0.1, 0.15) is 0 Å². The minimum absolute atomic E-state index is 0.288. The molecule has 9 heteroatoms. The number of amides is 2. The molecule has 0 aliphatic carbocycles. The van der Waals surface area contributed by atoms with Gasteiger partial charge in [0.05, 0.1) is 12.1 Å². The number of halogens is 4. The molecule has 3 rings (SSSR count). The molecule has 5 nitrogen and oxygen atoms in total. The standard InChI is InChI=1S/C24H25ClF3N3O2/c1-33-15-5-14-31(23(32)29-20-11-9-19(10-12-20)24(26,27)28)17-21-7-4-13-30(21)16-18-6-2-3-8-22(18)25/h2-4,6-13H,5,14-17H2,1H3,(H,29,32). The lowest BCUT2D eigenvalue weighted by Gasteiger charge is -2.24. The Morgan fingerprint density at radius 3 is 2.48 bits per heavy atom. The van der Waals surface area contributed by atoms with Crippen molar-refractivity contribution in [2.24, 2.45) is 0 Å². The fourth-order valence-electron chi connectivity index (χ4n) is 3.35. The molecular formula is C24H25ClF3N3O2. The van der Waals surface area contributed by atoms with Gasteiger partial charge in [0.25, 0.3) is 0 Å². The van der Waals surface area contributed by atoms with Crippen LogP contribution in [0.3, 0.4) is 0 Å². The topological polar surface area (TPSA) is 46.5 Å². The van der Waals surface area contributed by atoms with Crippen LogP contribution in [0.5, 0.6) is 0 Å². The van der Waals surface area contributed by atoms with Gasteiger partial charge in [0.2, 0.25) is 0 Å². The van der Waals surface area contributed by atoms with Crippen LogP contribution in [0.15, 0.2) is 66.9 Å². The van der Waals surface area contributed by atoms with E-state index in [1.165, 1.54) is 12.1 Å². The van der Waals surface area contributed by atoms with Gasteiger partial charge in [-0.2, -0.15) is 13.2 Å². The van der Waals surface area contributed by atoms with Gasteiger partial charge in [0.15, 0.2) is 0 Å². The Morgan fingerprint density at radius 2 is 1.82 bits per heavy atom. The summed E-state index contributed by atoms with van der Waals surface area (Å²) in [6.45, 7) is 1.75. The molecule has 2 amide bonds. The van der Waals surface area contributed by atoms with Crippen LogP contribution in [-0.2, 0) is 24.0 Å². The molecular weight excluding hydrogens is 455 g/mol. The highest BCUT2D eigenvalue weighted by Crippen LogP contribution is 2.30. The van der Waals surface area contributed by atoms with E-state index in [0.29, 0.717) is 37.7 Å². The van der Waals surface area contributed by atoms with Crippen LogP contribution in [0.4, 0.5) is 23.7 Å². The van der Waals surface area contributed by atoms with Crippen LogP contribution in [-0.4, -0.2) is 35.8 Å². The summed E-state index contributed by atoms with van der Waals surface area (Å²) in [5.74, 6) is 0. The van der Waals surface area contributed by atoms with Gasteiger partial charge in [-0.25, -0.2) is 4.79 Å². The molecule has 2 aromatic carbocycles. The number of methoxy groups -OCH3 is 1. The number of nitrogens with one attached hydrogen (secondary N) is 1. The van der Waals surface area contributed by atoms with Crippen LogP contribution in [0.1, 0.15) is 23.2 Å². The second-order valence-corrected chi connectivity index (χ2v) is 7.90. The molecule has 176 valence electrons. The number of urea groups is 1. The van der Waals surface area contributed by atoms with Crippen molar-refractivity contribution in [3.63, 3.8) is 0 Å². The third kappa shape index (κ3) is 7.00. The molecule has 0 unspecified atom stereocenters. The largest absolute Gasteiger partial charge is 0.416 e. The van der Waals surface area contributed by atoms with Crippen LogP contribution in [0, 0.1) is 0 Å². The first-order valence-electron chi connectivity index (χ1n) is 10.4. The molecule has 1 N–H and O–H groups in total. The van der Waals surface area contributed by atoms with E-state index in [4.69, 9.17) is 16.3 Å². The summed E-state index contributed by atoms with van der Waals surface area (Å²) < 4.78 is 45.5. The van der Waals surface area contributed by atoms with Crippen LogP contribution in [0.2, 0.25) is 5.02 Å². The van der Waals surface area contributed by atoms with E-state index >= 15 is 0 Å². The van der Waals surface area contributed by atoms with E-state index in [9.17, 15) is 18.0 Å². The van der Waals surface area contributed by atoms with Gasteiger partial charge in [0, 0.05) is 49.4 Å². The van der Waals surface area contributed by atoms with Crippen molar-refractivity contribution >= 4 is 23.3 Å². The van der Waals surface area contributed by atoms with Gasteiger partial charge >= 0.3 is 12.2 Å². The molecule has 0 bridgehead atoms. The zero-order valence-corrected chi connectivity index (χ0v) is 18.9. The minimum atomic E-state index is -4.43. The SMILES string of the molecule is COCCCN(Cc1cccn1Cc1ccccc1Cl)C(=O)Nc1ccc(C(F)(F)F)cc1. The first kappa shape index (κ1) is 24.7. The van der Waals surface area contributed by atoms with Gasteiger partial charge < -0.3 is 19.5 Å². The van der Waals surface area contributed by atoms with Crippen molar-refractivity contribution in [1.82, 2.24) is 9.47 Å².